The molecule has 1 atom stereocenters. The van der Waals surface area contributed by atoms with Crippen molar-refractivity contribution in [3.8, 4) is 22.6 Å². The van der Waals surface area contributed by atoms with Crippen LogP contribution in [0.4, 0.5) is 8.78 Å². The van der Waals surface area contributed by atoms with E-state index in [1.165, 1.54) is 54.9 Å². The molecule has 286 valence electrons. The van der Waals surface area contributed by atoms with Crippen LogP contribution in [0, 0.1) is 11.6 Å². The fraction of sp³-hybridized carbons (Fsp3) is 0.533. The molecule has 6 rings (SSSR count). The highest BCUT2D eigenvalue weighted by Gasteiger charge is 2.47. The maximum Gasteiger partial charge on any atom is 0.311 e. The zero-order valence-electron chi connectivity index (χ0n) is 32.2. The Morgan fingerprint density at radius 3 is 2.42 bits per heavy atom. The Morgan fingerprint density at radius 2 is 1.66 bits per heavy atom. The highest BCUT2D eigenvalue weighted by molar-refractivity contribution is 5.87. The van der Waals surface area contributed by atoms with Gasteiger partial charge in [0.25, 0.3) is 0 Å². The number of esters is 1. The van der Waals surface area contributed by atoms with Gasteiger partial charge in [0.15, 0.2) is 0 Å². The van der Waals surface area contributed by atoms with Crippen molar-refractivity contribution in [2.24, 2.45) is 0 Å². The van der Waals surface area contributed by atoms with E-state index in [1.807, 2.05) is 6.07 Å². The molecule has 1 unspecified atom stereocenters. The molecule has 8 heteroatoms. The van der Waals surface area contributed by atoms with E-state index < -0.39 is 17.2 Å². The number of rotatable bonds is 17. The lowest BCUT2D eigenvalue weighted by molar-refractivity contribution is -0.935. The molecule has 1 saturated heterocycles. The smallest absolute Gasteiger partial charge is 0.311 e. The lowest BCUT2D eigenvalue weighted by Crippen LogP contribution is -2.55. The molecule has 0 aromatic heterocycles. The fourth-order valence-corrected chi connectivity index (χ4v) is 8.81. The van der Waals surface area contributed by atoms with E-state index >= 15 is 4.39 Å². The maximum atomic E-state index is 15.4. The van der Waals surface area contributed by atoms with Crippen molar-refractivity contribution >= 4 is 11.5 Å². The number of hydrogen-bond donors (Lipinski definition) is 0. The summed E-state index contributed by atoms with van der Waals surface area (Å²) in [5.74, 6) is -0.477. The lowest BCUT2D eigenvalue weighted by Gasteiger charge is -2.49. The summed E-state index contributed by atoms with van der Waals surface area (Å²) in [7, 11) is 0. The second kappa shape index (κ2) is 18.2. The molecular weight excluding hydrogens is 671 g/mol. The second-order valence-electron chi connectivity index (χ2n) is 15.4. The van der Waals surface area contributed by atoms with Gasteiger partial charge in [-0.15, -0.1) is 0 Å². The summed E-state index contributed by atoms with van der Waals surface area (Å²) < 4.78 is 49.7. The van der Waals surface area contributed by atoms with Gasteiger partial charge in [-0.25, -0.2) is 8.78 Å². The van der Waals surface area contributed by atoms with Crippen molar-refractivity contribution < 1.29 is 32.3 Å². The number of fused-ring (bicyclic) bond motifs is 2. The number of benzene rings is 3. The maximum absolute atomic E-state index is 15.4. The molecular formula is C45H59F2N2O4+. The summed E-state index contributed by atoms with van der Waals surface area (Å²) in [5.41, 5.74) is 4.58. The van der Waals surface area contributed by atoms with Crippen LogP contribution in [0.2, 0.25) is 0 Å². The normalized spacial score (nSPS) is 19.7. The Hall–Kier alpha value is -3.59. The van der Waals surface area contributed by atoms with Gasteiger partial charge in [0.05, 0.1) is 31.9 Å². The van der Waals surface area contributed by atoms with Crippen LogP contribution in [0.25, 0.3) is 16.7 Å². The van der Waals surface area contributed by atoms with Gasteiger partial charge in [0.2, 0.25) is 0 Å². The first-order valence-corrected chi connectivity index (χ1v) is 20.2. The lowest BCUT2D eigenvalue weighted by atomic mass is 9.75. The van der Waals surface area contributed by atoms with Crippen LogP contribution in [-0.2, 0) is 16.1 Å². The molecule has 1 fully saturated rings. The highest BCUT2D eigenvalue weighted by Crippen LogP contribution is 2.53. The molecule has 0 radical (unpaired) electrons. The largest absolute Gasteiger partial charge is 0.482 e. The molecule has 3 aliphatic heterocycles. The zero-order chi connectivity index (χ0) is 37.3. The van der Waals surface area contributed by atoms with Gasteiger partial charge in [0, 0.05) is 42.6 Å². The number of halogens is 2. The first kappa shape index (κ1) is 39.1. The Morgan fingerprint density at radius 1 is 0.906 bits per heavy atom. The van der Waals surface area contributed by atoms with Crippen LogP contribution >= 0.6 is 0 Å². The van der Waals surface area contributed by atoms with Crippen molar-refractivity contribution in [3.63, 3.8) is 0 Å². The molecule has 0 saturated carbocycles. The Balaban J connectivity index is 1.40. The Labute approximate surface area is 315 Å². The number of carbonyl (C=O) groups excluding carboxylic acids is 1. The van der Waals surface area contributed by atoms with Gasteiger partial charge >= 0.3 is 5.97 Å². The average Bonchev–Trinajstić information content (AvgIpc) is 3.17. The van der Waals surface area contributed by atoms with Crippen LogP contribution in [0.1, 0.15) is 103 Å². The van der Waals surface area contributed by atoms with Crippen molar-refractivity contribution in [2.75, 3.05) is 52.5 Å². The molecule has 3 aliphatic rings. The third-order valence-electron chi connectivity index (χ3n) is 11.8. The number of nitrogens with zero attached hydrogens (tertiary/aromatic N) is 2. The van der Waals surface area contributed by atoms with E-state index in [9.17, 15) is 9.18 Å². The Kier molecular flexibility index (Phi) is 13.4. The monoisotopic (exact) mass is 729 g/mol. The van der Waals surface area contributed by atoms with Crippen LogP contribution in [0.15, 0.2) is 66.2 Å². The molecule has 53 heavy (non-hydrogen) atoms. The molecule has 0 amide bonds. The number of unbranched alkanes of at least 4 members (excludes halogenated alkanes) is 5. The standard InChI is InChI=1S/C45H59F2N2O4/c1-4-7-8-9-10-14-25-49(32-34-16-12-11-13-17-34)26-21-39-38(33-49)44-41(52-43(50)18-15-22-48-23-27-51-28-24-48)29-35(37-31-36(46)19-20-40(37)47)30-42(44)53-45(39,5-2)6-3/h11-13,16-17,19-20,29-31H,4-10,14-15,18,21-28,32-33H2,1-3H3/q+1. The van der Waals surface area contributed by atoms with Gasteiger partial charge < -0.3 is 18.7 Å². The zero-order valence-corrected chi connectivity index (χ0v) is 32.2. The van der Waals surface area contributed by atoms with Gasteiger partial charge in [-0.1, -0.05) is 76.8 Å². The third-order valence-corrected chi connectivity index (χ3v) is 11.8. The van der Waals surface area contributed by atoms with Crippen molar-refractivity contribution in [1.29, 1.82) is 0 Å². The average molecular weight is 730 g/mol. The van der Waals surface area contributed by atoms with Gasteiger partial charge in [-0.05, 0) is 80.1 Å². The molecule has 0 bridgehead atoms. The first-order chi connectivity index (χ1) is 25.8. The quantitative estimate of drug-likeness (QED) is 0.0599. The minimum Gasteiger partial charge on any atom is -0.482 e. The number of morpholine rings is 1. The second-order valence-corrected chi connectivity index (χ2v) is 15.4. The van der Waals surface area contributed by atoms with Crippen LogP contribution in [-0.4, -0.2) is 73.4 Å². The molecule has 0 aliphatic carbocycles. The minimum atomic E-state index is -0.544. The van der Waals surface area contributed by atoms with Crippen LogP contribution in [0.3, 0.4) is 0 Å². The number of ether oxygens (including phenoxy) is 3. The first-order valence-electron chi connectivity index (χ1n) is 20.2. The molecule has 0 spiro atoms. The summed E-state index contributed by atoms with van der Waals surface area (Å²) in [6, 6.07) is 17.8. The van der Waals surface area contributed by atoms with Crippen molar-refractivity contribution in [2.45, 2.75) is 104 Å². The highest BCUT2D eigenvalue weighted by atomic mass is 19.1. The van der Waals surface area contributed by atoms with Gasteiger partial charge in [0.1, 0.15) is 41.8 Å². The van der Waals surface area contributed by atoms with Crippen molar-refractivity contribution in [3.05, 3.63) is 89.0 Å². The van der Waals surface area contributed by atoms with Gasteiger partial charge in [-0.2, -0.15) is 0 Å². The topological polar surface area (TPSA) is 48.0 Å². The van der Waals surface area contributed by atoms with Crippen molar-refractivity contribution in [1.82, 2.24) is 4.90 Å². The predicted octanol–water partition coefficient (Wildman–Crippen LogP) is 10.1. The van der Waals surface area contributed by atoms with E-state index in [0.717, 1.165) is 93.7 Å². The van der Waals surface area contributed by atoms with E-state index in [-0.39, 0.29) is 18.0 Å². The fourth-order valence-electron chi connectivity index (χ4n) is 8.81. The number of hydrogen-bond acceptors (Lipinski definition) is 5. The van der Waals surface area contributed by atoms with E-state index in [2.05, 4.69) is 56.0 Å². The number of quaternary nitrogens is 1. The SMILES string of the molecule is CCCCCCCC[N+]1(Cc2ccccc2)CCC2=C(C1)c1c(OC(=O)CCCN3CCOCC3)cc(-c3cc(F)ccc3F)cc1OC2(CC)CC. The van der Waals surface area contributed by atoms with Crippen LogP contribution < -0.4 is 9.47 Å². The van der Waals surface area contributed by atoms with Gasteiger partial charge in [-0.3, -0.25) is 9.69 Å². The molecule has 6 nitrogen and oxygen atoms in total. The summed E-state index contributed by atoms with van der Waals surface area (Å²) >= 11 is 0. The Bertz CT molecular complexity index is 1720. The molecule has 3 heterocycles. The summed E-state index contributed by atoms with van der Waals surface area (Å²) in [6.45, 7) is 14.3. The van der Waals surface area contributed by atoms with E-state index in [1.54, 1.807) is 6.07 Å². The minimum absolute atomic E-state index is 0.111. The number of carbonyl (C=O) groups is 1. The molecule has 0 N–H and O–H groups in total. The predicted molar refractivity (Wildman–Crippen MR) is 208 cm³/mol. The van der Waals surface area contributed by atoms with E-state index in [0.29, 0.717) is 36.7 Å². The summed E-state index contributed by atoms with van der Waals surface area (Å²) in [4.78, 5) is 16.0. The van der Waals surface area contributed by atoms with Crippen LogP contribution in [0.5, 0.6) is 11.5 Å². The summed E-state index contributed by atoms with van der Waals surface area (Å²) in [6.07, 6.45) is 10.7. The summed E-state index contributed by atoms with van der Waals surface area (Å²) in [5, 5.41) is 0. The van der Waals surface area contributed by atoms with E-state index in [4.69, 9.17) is 14.2 Å². The molecule has 3 aromatic rings. The molecule has 3 aromatic carbocycles. The third kappa shape index (κ3) is 9.38.